The van der Waals surface area contributed by atoms with Crippen molar-refractivity contribution in [1.82, 2.24) is 9.88 Å². The third-order valence-corrected chi connectivity index (χ3v) is 5.66. The van der Waals surface area contributed by atoms with Crippen LogP contribution < -0.4 is 27.1 Å². The van der Waals surface area contributed by atoms with E-state index in [-0.39, 0.29) is 18.2 Å². The number of anilines is 1. The van der Waals surface area contributed by atoms with E-state index in [1.165, 1.54) is 6.20 Å². The number of hydrogen-bond acceptors (Lipinski definition) is 6. The molecule has 2 rings (SSSR count). The first-order valence-corrected chi connectivity index (χ1v) is 13.0. The van der Waals surface area contributed by atoms with Crippen LogP contribution in [0.2, 0.25) is 0 Å². The van der Waals surface area contributed by atoms with Gasteiger partial charge in [0.05, 0.1) is 12.3 Å². The summed E-state index contributed by atoms with van der Waals surface area (Å²) in [4.78, 5) is 40.6. The Morgan fingerprint density at radius 3 is 2.49 bits per heavy atom. The third kappa shape index (κ3) is 10.0. The molecule has 0 fully saturated rings. The number of aliphatic imine (C=N–C) groups is 1. The number of rotatable bonds is 14. The minimum Gasteiger partial charge on any atom is -0.370 e. The summed E-state index contributed by atoms with van der Waals surface area (Å²) in [6, 6.07) is 10.7. The number of sulfonamides is 1. The van der Waals surface area contributed by atoms with E-state index in [1.54, 1.807) is 6.07 Å². The average molecular weight is 505 g/mol. The van der Waals surface area contributed by atoms with Crippen LogP contribution in [0, 0.1) is 0 Å². The van der Waals surface area contributed by atoms with Gasteiger partial charge >= 0.3 is 0 Å². The van der Waals surface area contributed by atoms with E-state index in [0.29, 0.717) is 44.1 Å². The van der Waals surface area contributed by atoms with Gasteiger partial charge in [0.1, 0.15) is 18.5 Å². The van der Waals surface area contributed by atoms with Crippen molar-refractivity contribution in [2.45, 2.75) is 44.7 Å². The number of amides is 1. The number of benzene rings is 1. The number of guanidine groups is 1. The molecule has 0 aliphatic rings. The predicted octanol–water partition coefficient (Wildman–Crippen LogP) is 0.132. The number of carbonyl (C=O) groups excluding carboxylic acids is 2. The van der Waals surface area contributed by atoms with Crippen molar-refractivity contribution >= 4 is 33.9 Å². The fourth-order valence-electron chi connectivity index (χ4n) is 3.47. The molecule has 1 amide bonds. The molecular formula is C23H32N6O5S. The first kappa shape index (κ1) is 27.6. The summed E-state index contributed by atoms with van der Waals surface area (Å²) in [7, 11) is -3.73. The van der Waals surface area contributed by atoms with Gasteiger partial charge in [-0.1, -0.05) is 30.3 Å². The van der Waals surface area contributed by atoms with E-state index >= 15 is 0 Å². The van der Waals surface area contributed by atoms with E-state index in [2.05, 4.69) is 15.0 Å². The molecule has 0 aliphatic heterocycles. The van der Waals surface area contributed by atoms with Crippen LogP contribution in [0.3, 0.4) is 0 Å². The summed E-state index contributed by atoms with van der Waals surface area (Å²) in [6.07, 6.45) is 5.74. The molecule has 190 valence electrons. The van der Waals surface area contributed by atoms with Gasteiger partial charge in [-0.05, 0) is 49.3 Å². The van der Waals surface area contributed by atoms with Crippen LogP contribution in [0.1, 0.15) is 30.4 Å². The SMILES string of the molecule is CS(=O)(=O)Nc1c(CCCc2ccccc2)ccn(CC(=O)NC(C=O)CCCN=C(N)N)c1=O. The van der Waals surface area contributed by atoms with Crippen molar-refractivity contribution in [1.29, 1.82) is 0 Å². The molecule has 6 N–H and O–H groups in total. The van der Waals surface area contributed by atoms with Gasteiger partial charge in [-0.15, -0.1) is 0 Å². The lowest BCUT2D eigenvalue weighted by molar-refractivity contribution is -0.124. The highest BCUT2D eigenvalue weighted by Gasteiger charge is 2.17. The lowest BCUT2D eigenvalue weighted by Crippen LogP contribution is -2.40. The van der Waals surface area contributed by atoms with Gasteiger partial charge in [0.2, 0.25) is 15.9 Å². The highest BCUT2D eigenvalue weighted by Crippen LogP contribution is 2.16. The number of aryl methyl sites for hydroxylation is 2. The molecule has 0 spiro atoms. The van der Waals surface area contributed by atoms with E-state index < -0.39 is 27.5 Å². The Morgan fingerprint density at radius 2 is 1.86 bits per heavy atom. The van der Waals surface area contributed by atoms with Gasteiger partial charge in [0, 0.05) is 12.7 Å². The van der Waals surface area contributed by atoms with Crippen molar-refractivity contribution in [2.24, 2.45) is 16.5 Å². The van der Waals surface area contributed by atoms with Crippen LogP contribution in [0.5, 0.6) is 0 Å². The number of nitrogens with zero attached hydrogens (tertiary/aromatic N) is 2. The van der Waals surface area contributed by atoms with Crippen LogP contribution in [0.25, 0.3) is 0 Å². The lowest BCUT2D eigenvalue weighted by atomic mass is 10.0. The van der Waals surface area contributed by atoms with E-state index in [4.69, 9.17) is 11.5 Å². The molecule has 12 heteroatoms. The first-order chi connectivity index (χ1) is 16.6. The molecule has 1 aromatic heterocycles. The maximum atomic E-state index is 13.0. The average Bonchev–Trinajstić information content (AvgIpc) is 2.79. The molecule has 11 nitrogen and oxygen atoms in total. The second-order valence-corrected chi connectivity index (χ2v) is 9.87. The summed E-state index contributed by atoms with van der Waals surface area (Å²) < 4.78 is 27.2. The van der Waals surface area contributed by atoms with E-state index in [0.717, 1.165) is 22.8 Å². The molecular weight excluding hydrogens is 472 g/mol. The zero-order chi connectivity index (χ0) is 25.8. The number of aldehydes is 1. The van der Waals surface area contributed by atoms with Crippen LogP contribution >= 0.6 is 0 Å². The predicted molar refractivity (Wildman–Crippen MR) is 136 cm³/mol. The molecule has 35 heavy (non-hydrogen) atoms. The van der Waals surface area contributed by atoms with Crippen molar-refractivity contribution in [3.8, 4) is 0 Å². The standard InChI is InChI=1S/C23H32N6O5S/c1-35(33,34)28-21-18(10-5-9-17-7-3-2-4-8-17)12-14-29(22(21)32)15-20(31)27-19(16-30)11-6-13-26-23(24)25/h2-4,7-8,12,14,16,19,28H,5-6,9-11,13,15H2,1H3,(H,27,31)(H4,24,25,26). The zero-order valence-corrected chi connectivity index (χ0v) is 20.5. The second-order valence-electron chi connectivity index (χ2n) is 8.12. The fourth-order valence-corrected chi connectivity index (χ4v) is 4.06. The summed E-state index contributed by atoms with van der Waals surface area (Å²) in [5, 5.41) is 2.55. The lowest BCUT2D eigenvalue weighted by Gasteiger charge is -2.15. The zero-order valence-electron chi connectivity index (χ0n) is 19.6. The van der Waals surface area contributed by atoms with Crippen LogP contribution in [0.4, 0.5) is 5.69 Å². The molecule has 0 radical (unpaired) electrons. The molecule has 0 saturated carbocycles. The maximum Gasteiger partial charge on any atom is 0.275 e. The summed E-state index contributed by atoms with van der Waals surface area (Å²) in [6.45, 7) is -0.0614. The Bertz CT molecular complexity index is 1190. The number of aromatic nitrogens is 1. The highest BCUT2D eigenvalue weighted by molar-refractivity contribution is 7.92. The van der Waals surface area contributed by atoms with Gasteiger partial charge in [-0.3, -0.25) is 19.3 Å². The minimum atomic E-state index is -3.73. The maximum absolute atomic E-state index is 13.0. The summed E-state index contributed by atoms with van der Waals surface area (Å²) in [5.74, 6) is -0.619. The third-order valence-electron chi connectivity index (χ3n) is 5.09. The van der Waals surface area contributed by atoms with E-state index in [1.807, 2.05) is 30.3 Å². The molecule has 0 bridgehead atoms. The Labute approximate surface area is 204 Å². The first-order valence-electron chi connectivity index (χ1n) is 11.1. The Balaban J connectivity index is 2.10. The van der Waals surface area contributed by atoms with Crippen LogP contribution in [-0.4, -0.2) is 50.0 Å². The second kappa shape index (κ2) is 13.3. The van der Waals surface area contributed by atoms with Crippen molar-refractivity contribution in [2.75, 3.05) is 17.5 Å². The van der Waals surface area contributed by atoms with Crippen LogP contribution in [0.15, 0.2) is 52.4 Å². The van der Waals surface area contributed by atoms with Gasteiger partial charge in [-0.2, -0.15) is 0 Å². The number of nitrogens with two attached hydrogens (primary N) is 2. The smallest absolute Gasteiger partial charge is 0.275 e. The quantitative estimate of drug-likeness (QED) is 0.122. The number of nitrogens with one attached hydrogen (secondary N) is 2. The molecule has 0 aliphatic carbocycles. The van der Waals surface area contributed by atoms with Gasteiger partial charge in [0.25, 0.3) is 5.56 Å². The van der Waals surface area contributed by atoms with Crippen molar-refractivity contribution in [3.63, 3.8) is 0 Å². The van der Waals surface area contributed by atoms with Gasteiger partial charge in [0.15, 0.2) is 5.96 Å². The topological polar surface area (TPSA) is 179 Å². The Morgan fingerprint density at radius 1 is 1.14 bits per heavy atom. The highest BCUT2D eigenvalue weighted by atomic mass is 32.2. The summed E-state index contributed by atoms with van der Waals surface area (Å²) >= 11 is 0. The largest absolute Gasteiger partial charge is 0.370 e. The minimum absolute atomic E-state index is 0.0573. The molecule has 2 aromatic rings. The summed E-state index contributed by atoms with van der Waals surface area (Å²) in [5.41, 5.74) is 11.5. The molecule has 1 unspecified atom stereocenters. The molecule has 0 saturated heterocycles. The Kier molecular flexibility index (Phi) is 10.5. The van der Waals surface area contributed by atoms with Crippen molar-refractivity contribution in [3.05, 3.63) is 64.1 Å². The fraction of sp³-hybridized carbons (Fsp3) is 0.391. The number of carbonyl (C=O) groups is 2. The molecule has 1 atom stereocenters. The normalized spacial score (nSPS) is 11.9. The number of pyridine rings is 1. The monoisotopic (exact) mass is 504 g/mol. The molecule has 1 aromatic carbocycles. The van der Waals surface area contributed by atoms with Gasteiger partial charge in [-0.25, -0.2) is 8.42 Å². The van der Waals surface area contributed by atoms with Crippen LogP contribution in [-0.2, 0) is 39.0 Å². The molecule has 1 heterocycles. The number of hydrogen-bond donors (Lipinski definition) is 4. The van der Waals surface area contributed by atoms with Crippen molar-refractivity contribution < 1.29 is 18.0 Å². The van der Waals surface area contributed by atoms with Gasteiger partial charge < -0.3 is 26.1 Å². The Hall–Kier alpha value is -3.67. The van der Waals surface area contributed by atoms with E-state index in [9.17, 15) is 22.8 Å².